The van der Waals surface area contributed by atoms with Crippen LogP contribution in [0.15, 0.2) is 0 Å². The summed E-state index contributed by atoms with van der Waals surface area (Å²) in [7, 11) is 0. The van der Waals surface area contributed by atoms with E-state index in [1.54, 1.807) is 0 Å². The summed E-state index contributed by atoms with van der Waals surface area (Å²) in [6.45, 7) is 13.6. The van der Waals surface area contributed by atoms with Gasteiger partial charge in [0.05, 0.1) is 6.61 Å². The zero-order valence-electron chi connectivity index (χ0n) is 9.81. The van der Waals surface area contributed by atoms with Gasteiger partial charge in [0.1, 0.15) is 0 Å². The fraction of sp³-hybridized carbons (Fsp3) is 1.00. The standard InChI is InChI=1S/C12H24O/c1-10-6-7-13-9-11(2,3)8-12(10,4)5/h10H,6-9H2,1-5H3. The van der Waals surface area contributed by atoms with Crippen LogP contribution in [0, 0.1) is 16.7 Å². The predicted octanol–water partition coefficient (Wildman–Crippen LogP) is 3.49. The Morgan fingerprint density at radius 1 is 1.15 bits per heavy atom. The van der Waals surface area contributed by atoms with Crippen molar-refractivity contribution in [3.63, 3.8) is 0 Å². The lowest BCUT2D eigenvalue weighted by molar-refractivity contribution is -0.0149. The number of hydrogen-bond donors (Lipinski definition) is 0. The summed E-state index contributed by atoms with van der Waals surface area (Å²) in [5.74, 6) is 0.770. The Balaban J connectivity index is 2.70. The Kier molecular flexibility index (Phi) is 3.06. The van der Waals surface area contributed by atoms with Gasteiger partial charge in [0, 0.05) is 6.61 Å². The van der Waals surface area contributed by atoms with Crippen LogP contribution in [0.1, 0.15) is 47.5 Å². The molecule has 1 rings (SSSR count). The van der Waals surface area contributed by atoms with Crippen LogP contribution in [-0.4, -0.2) is 13.2 Å². The molecule has 0 amide bonds. The molecule has 1 aliphatic heterocycles. The van der Waals surface area contributed by atoms with E-state index in [1.165, 1.54) is 12.8 Å². The average molecular weight is 184 g/mol. The first kappa shape index (κ1) is 11.0. The lowest BCUT2D eigenvalue weighted by Crippen LogP contribution is -2.35. The zero-order valence-corrected chi connectivity index (χ0v) is 9.81. The van der Waals surface area contributed by atoms with Crippen molar-refractivity contribution in [2.75, 3.05) is 13.2 Å². The molecule has 1 atom stereocenters. The second-order valence-electron chi connectivity index (χ2n) is 6.07. The summed E-state index contributed by atoms with van der Waals surface area (Å²) in [6, 6.07) is 0. The summed E-state index contributed by atoms with van der Waals surface area (Å²) in [5, 5.41) is 0. The highest BCUT2D eigenvalue weighted by Crippen LogP contribution is 2.42. The summed E-state index contributed by atoms with van der Waals surface area (Å²) < 4.78 is 5.65. The third kappa shape index (κ3) is 2.98. The van der Waals surface area contributed by atoms with Crippen LogP contribution in [0.2, 0.25) is 0 Å². The minimum atomic E-state index is 0.345. The average Bonchev–Trinajstić information content (AvgIpc) is 1.94. The molecule has 1 nitrogen and oxygen atoms in total. The van der Waals surface area contributed by atoms with E-state index >= 15 is 0 Å². The molecule has 0 radical (unpaired) electrons. The van der Waals surface area contributed by atoms with Crippen molar-refractivity contribution >= 4 is 0 Å². The van der Waals surface area contributed by atoms with Crippen molar-refractivity contribution in [2.45, 2.75) is 47.5 Å². The van der Waals surface area contributed by atoms with Gasteiger partial charge in [-0.2, -0.15) is 0 Å². The number of hydrogen-bond acceptors (Lipinski definition) is 1. The Hall–Kier alpha value is -0.0400. The fourth-order valence-electron chi connectivity index (χ4n) is 2.46. The van der Waals surface area contributed by atoms with Crippen LogP contribution < -0.4 is 0 Å². The summed E-state index contributed by atoms with van der Waals surface area (Å²) in [4.78, 5) is 0. The van der Waals surface area contributed by atoms with Gasteiger partial charge in [0.2, 0.25) is 0 Å². The molecule has 13 heavy (non-hydrogen) atoms. The normalized spacial score (nSPS) is 33.5. The fourth-order valence-corrected chi connectivity index (χ4v) is 2.46. The smallest absolute Gasteiger partial charge is 0.0517 e. The van der Waals surface area contributed by atoms with E-state index in [-0.39, 0.29) is 0 Å². The molecule has 0 N–H and O–H groups in total. The van der Waals surface area contributed by atoms with Gasteiger partial charge in [-0.15, -0.1) is 0 Å². The summed E-state index contributed by atoms with van der Waals surface area (Å²) in [6.07, 6.45) is 2.48. The van der Waals surface area contributed by atoms with Crippen LogP contribution in [0.25, 0.3) is 0 Å². The molecule has 0 saturated carbocycles. The lowest BCUT2D eigenvalue weighted by Gasteiger charge is -2.41. The molecule has 1 unspecified atom stereocenters. The maximum atomic E-state index is 5.65. The third-order valence-electron chi connectivity index (χ3n) is 3.46. The van der Waals surface area contributed by atoms with Gasteiger partial charge in [-0.1, -0.05) is 34.6 Å². The van der Waals surface area contributed by atoms with Crippen molar-refractivity contribution < 1.29 is 4.74 Å². The lowest BCUT2D eigenvalue weighted by atomic mass is 9.67. The topological polar surface area (TPSA) is 9.23 Å². The Labute approximate surface area is 82.9 Å². The van der Waals surface area contributed by atoms with Gasteiger partial charge >= 0.3 is 0 Å². The molecule has 78 valence electrons. The summed E-state index contributed by atoms with van der Waals surface area (Å²) in [5.41, 5.74) is 0.811. The molecular formula is C12H24O. The predicted molar refractivity (Wildman–Crippen MR) is 56.8 cm³/mol. The second-order valence-corrected chi connectivity index (χ2v) is 6.07. The van der Waals surface area contributed by atoms with E-state index in [0.717, 1.165) is 19.1 Å². The molecule has 0 bridgehead atoms. The van der Waals surface area contributed by atoms with Crippen molar-refractivity contribution in [3.8, 4) is 0 Å². The molecule has 0 aliphatic carbocycles. The highest BCUT2D eigenvalue weighted by atomic mass is 16.5. The Morgan fingerprint density at radius 3 is 2.38 bits per heavy atom. The van der Waals surface area contributed by atoms with E-state index in [0.29, 0.717) is 10.8 Å². The number of ether oxygens (including phenoxy) is 1. The molecular weight excluding hydrogens is 160 g/mol. The molecule has 1 heterocycles. The van der Waals surface area contributed by atoms with Gasteiger partial charge in [0.25, 0.3) is 0 Å². The quantitative estimate of drug-likeness (QED) is 0.560. The van der Waals surface area contributed by atoms with Crippen molar-refractivity contribution in [3.05, 3.63) is 0 Å². The molecule has 0 spiro atoms. The van der Waals surface area contributed by atoms with Crippen LogP contribution >= 0.6 is 0 Å². The second kappa shape index (κ2) is 3.61. The van der Waals surface area contributed by atoms with Gasteiger partial charge in [-0.3, -0.25) is 0 Å². The third-order valence-corrected chi connectivity index (χ3v) is 3.46. The maximum absolute atomic E-state index is 5.65. The highest BCUT2D eigenvalue weighted by Gasteiger charge is 2.34. The van der Waals surface area contributed by atoms with E-state index in [2.05, 4.69) is 34.6 Å². The number of rotatable bonds is 0. The van der Waals surface area contributed by atoms with Crippen molar-refractivity contribution in [1.82, 2.24) is 0 Å². The van der Waals surface area contributed by atoms with E-state index < -0.39 is 0 Å². The van der Waals surface area contributed by atoms with Crippen molar-refractivity contribution in [2.24, 2.45) is 16.7 Å². The highest BCUT2D eigenvalue weighted by molar-refractivity contribution is 4.84. The van der Waals surface area contributed by atoms with Gasteiger partial charge in [-0.05, 0) is 29.6 Å². The first-order chi connectivity index (χ1) is 5.83. The van der Waals surface area contributed by atoms with Crippen LogP contribution in [0.4, 0.5) is 0 Å². The SMILES string of the molecule is CC1CCOCC(C)(C)CC1(C)C. The molecule has 0 aromatic carbocycles. The van der Waals surface area contributed by atoms with Gasteiger partial charge in [0.15, 0.2) is 0 Å². The first-order valence-corrected chi connectivity index (χ1v) is 5.41. The molecule has 1 saturated heterocycles. The minimum Gasteiger partial charge on any atom is -0.381 e. The van der Waals surface area contributed by atoms with Crippen LogP contribution in [-0.2, 0) is 4.74 Å². The monoisotopic (exact) mass is 184 g/mol. The maximum Gasteiger partial charge on any atom is 0.0517 e. The Morgan fingerprint density at radius 2 is 1.77 bits per heavy atom. The van der Waals surface area contributed by atoms with E-state index in [4.69, 9.17) is 4.74 Å². The molecule has 1 fully saturated rings. The minimum absolute atomic E-state index is 0.345. The molecule has 1 heteroatoms. The van der Waals surface area contributed by atoms with E-state index in [9.17, 15) is 0 Å². The van der Waals surface area contributed by atoms with Crippen LogP contribution in [0.3, 0.4) is 0 Å². The Bertz CT molecular complexity index is 170. The largest absolute Gasteiger partial charge is 0.381 e. The van der Waals surface area contributed by atoms with Gasteiger partial charge in [-0.25, -0.2) is 0 Å². The summed E-state index contributed by atoms with van der Waals surface area (Å²) >= 11 is 0. The molecule has 0 aromatic heterocycles. The molecule has 0 aromatic rings. The van der Waals surface area contributed by atoms with Gasteiger partial charge < -0.3 is 4.74 Å². The molecule has 1 aliphatic rings. The van der Waals surface area contributed by atoms with Crippen molar-refractivity contribution in [1.29, 1.82) is 0 Å². The zero-order chi connectivity index (χ0) is 10.1. The van der Waals surface area contributed by atoms with E-state index in [1.807, 2.05) is 0 Å². The first-order valence-electron chi connectivity index (χ1n) is 5.41. The van der Waals surface area contributed by atoms with Crippen LogP contribution in [0.5, 0.6) is 0 Å².